The molecule has 6 heteroatoms. The first kappa shape index (κ1) is 12.2. The van der Waals surface area contributed by atoms with Crippen LogP contribution < -0.4 is 10.6 Å². The Hall–Kier alpha value is -0.810. The number of rotatable bonds is 2. The van der Waals surface area contributed by atoms with Gasteiger partial charge in [0.15, 0.2) is 0 Å². The van der Waals surface area contributed by atoms with E-state index in [4.69, 9.17) is 11.6 Å². The second-order valence-corrected chi connectivity index (χ2v) is 5.94. The second-order valence-electron chi connectivity index (χ2n) is 5.56. The van der Waals surface area contributed by atoms with Gasteiger partial charge in [-0.1, -0.05) is 6.42 Å². The van der Waals surface area contributed by atoms with Crippen LogP contribution >= 0.6 is 11.6 Å². The first-order valence-corrected chi connectivity index (χ1v) is 7.13. The highest BCUT2D eigenvalue weighted by molar-refractivity contribution is 6.18. The van der Waals surface area contributed by atoms with Crippen LogP contribution in [0.1, 0.15) is 32.1 Å². The molecular weight excluding hydrogens is 254 g/mol. The van der Waals surface area contributed by atoms with Gasteiger partial charge in [-0.25, -0.2) is 4.79 Å². The van der Waals surface area contributed by atoms with Gasteiger partial charge in [-0.2, -0.15) is 0 Å². The van der Waals surface area contributed by atoms with Crippen LogP contribution in [-0.2, 0) is 4.79 Å². The summed E-state index contributed by atoms with van der Waals surface area (Å²) in [6.07, 6.45) is 4.84. The molecule has 2 N–H and O–H groups in total. The summed E-state index contributed by atoms with van der Waals surface area (Å²) in [7, 11) is 0. The van der Waals surface area contributed by atoms with Gasteiger partial charge in [0.05, 0.1) is 0 Å². The van der Waals surface area contributed by atoms with E-state index in [1.807, 2.05) is 0 Å². The zero-order valence-corrected chi connectivity index (χ0v) is 11.0. The lowest BCUT2D eigenvalue weighted by atomic mass is 9.73. The Morgan fingerprint density at radius 1 is 1.28 bits per heavy atom. The van der Waals surface area contributed by atoms with Gasteiger partial charge >= 0.3 is 6.03 Å². The molecular formula is C12H18ClN3O2. The normalized spacial score (nSPS) is 39.8. The molecule has 2 bridgehead atoms. The SMILES string of the molecule is O=C1NC(=O)C2(C[C@H]3CCC[C@H](C2)N3CCCl)N1. The molecule has 0 radical (unpaired) electrons. The summed E-state index contributed by atoms with van der Waals surface area (Å²) in [5.74, 6) is 0.480. The lowest BCUT2D eigenvalue weighted by Crippen LogP contribution is -2.63. The van der Waals surface area contributed by atoms with Crippen LogP contribution in [0.3, 0.4) is 0 Å². The van der Waals surface area contributed by atoms with Crippen molar-refractivity contribution in [3.63, 3.8) is 0 Å². The minimum absolute atomic E-state index is 0.144. The van der Waals surface area contributed by atoms with Gasteiger partial charge in [0, 0.05) is 24.5 Å². The Balaban J connectivity index is 1.83. The number of fused-ring (bicyclic) bond motifs is 2. The molecule has 3 fully saturated rings. The highest BCUT2D eigenvalue weighted by Crippen LogP contribution is 2.40. The summed E-state index contributed by atoms with van der Waals surface area (Å²) in [5.41, 5.74) is -0.657. The van der Waals surface area contributed by atoms with E-state index in [1.165, 1.54) is 6.42 Å². The van der Waals surface area contributed by atoms with Crippen LogP contribution in [0.15, 0.2) is 0 Å². The van der Waals surface area contributed by atoms with Gasteiger partial charge in [-0.05, 0) is 25.7 Å². The fourth-order valence-electron chi connectivity index (χ4n) is 3.82. The minimum Gasteiger partial charge on any atom is -0.323 e. The van der Waals surface area contributed by atoms with E-state index in [0.29, 0.717) is 18.0 Å². The molecule has 0 aliphatic carbocycles. The van der Waals surface area contributed by atoms with Crippen molar-refractivity contribution in [3.8, 4) is 0 Å². The van der Waals surface area contributed by atoms with Crippen LogP contribution in [-0.4, -0.2) is 46.9 Å². The molecule has 3 rings (SSSR count). The Bertz CT molecular complexity index is 374. The maximum Gasteiger partial charge on any atom is 0.322 e. The first-order valence-electron chi connectivity index (χ1n) is 6.60. The maximum absolute atomic E-state index is 12.0. The maximum atomic E-state index is 12.0. The molecule has 0 aromatic heterocycles. The molecule has 2 atom stereocenters. The van der Waals surface area contributed by atoms with Crippen molar-refractivity contribution in [3.05, 3.63) is 0 Å². The molecule has 1 spiro atoms. The van der Waals surface area contributed by atoms with Crippen molar-refractivity contribution in [2.24, 2.45) is 0 Å². The Morgan fingerprint density at radius 3 is 2.44 bits per heavy atom. The second kappa shape index (κ2) is 4.38. The van der Waals surface area contributed by atoms with Gasteiger partial charge in [-0.3, -0.25) is 15.0 Å². The Labute approximate surface area is 111 Å². The third-order valence-corrected chi connectivity index (χ3v) is 4.71. The lowest BCUT2D eigenvalue weighted by molar-refractivity contribution is -0.128. The molecule has 0 unspecified atom stereocenters. The summed E-state index contributed by atoms with van der Waals surface area (Å²) >= 11 is 5.86. The van der Waals surface area contributed by atoms with Crippen molar-refractivity contribution < 1.29 is 9.59 Å². The largest absolute Gasteiger partial charge is 0.323 e. The molecule has 3 aliphatic rings. The number of imide groups is 1. The number of halogens is 1. The fraction of sp³-hybridized carbons (Fsp3) is 0.833. The molecule has 5 nitrogen and oxygen atoms in total. The number of hydrogen-bond donors (Lipinski definition) is 2. The number of carbonyl (C=O) groups is 2. The zero-order valence-electron chi connectivity index (χ0n) is 10.2. The van der Waals surface area contributed by atoms with E-state index < -0.39 is 5.54 Å². The number of amides is 3. The quantitative estimate of drug-likeness (QED) is 0.577. The van der Waals surface area contributed by atoms with E-state index in [-0.39, 0.29) is 11.9 Å². The number of nitrogens with zero attached hydrogens (tertiary/aromatic N) is 1. The highest BCUT2D eigenvalue weighted by Gasteiger charge is 2.54. The zero-order chi connectivity index (χ0) is 12.8. The van der Waals surface area contributed by atoms with Crippen molar-refractivity contribution in [2.45, 2.75) is 49.7 Å². The molecule has 0 saturated carbocycles. The Morgan fingerprint density at radius 2 is 1.94 bits per heavy atom. The predicted molar refractivity (Wildman–Crippen MR) is 67.5 cm³/mol. The molecule has 100 valence electrons. The fourth-order valence-corrected chi connectivity index (χ4v) is 4.02. The van der Waals surface area contributed by atoms with Crippen LogP contribution in [0.4, 0.5) is 4.79 Å². The molecule has 3 aliphatic heterocycles. The van der Waals surface area contributed by atoms with Gasteiger partial charge in [-0.15, -0.1) is 11.6 Å². The summed E-state index contributed by atoms with van der Waals surface area (Å²) in [6, 6.07) is 0.407. The van der Waals surface area contributed by atoms with Crippen molar-refractivity contribution in [1.82, 2.24) is 15.5 Å². The molecule has 0 aromatic rings. The summed E-state index contributed by atoms with van der Waals surface area (Å²) in [6.45, 7) is 0.878. The smallest absolute Gasteiger partial charge is 0.322 e. The third-order valence-electron chi connectivity index (χ3n) is 4.54. The van der Waals surface area contributed by atoms with Gasteiger partial charge < -0.3 is 5.32 Å². The standard InChI is InChI=1S/C12H18ClN3O2/c13-4-5-16-8-2-1-3-9(16)7-12(6-8)10(17)14-11(18)15-12/h8-9H,1-7H2,(H2,14,15,17,18)/t8-,9-/m1/s1. The lowest BCUT2D eigenvalue weighted by Gasteiger charge is -2.51. The molecule has 3 amide bonds. The van der Waals surface area contributed by atoms with E-state index in [0.717, 1.165) is 32.2 Å². The monoisotopic (exact) mass is 271 g/mol. The number of hydrogen-bond acceptors (Lipinski definition) is 3. The summed E-state index contributed by atoms with van der Waals surface area (Å²) in [5, 5.41) is 5.23. The molecule has 18 heavy (non-hydrogen) atoms. The topological polar surface area (TPSA) is 61.4 Å². The van der Waals surface area contributed by atoms with E-state index in [1.54, 1.807) is 0 Å². The average Bonchev–Trinajstić information content (AvgIpc) is 2.55. The summed E-state index contributed by atoms with van der Waals surface area (Å²) < 4.78 is 0. The minimum atomic E-state index is -0.657. The van der Waals surface area contributed by atoms with E-state index in [2.05, 4.69) is 15.5 Å². The first-order chi connectivity index (χ1) is 8.64. The van der Waals surface area contributed by atoms with Crippen LogP contribution in [0.2, 0.25) is 0 Å². The van der Waals surface area contributed by atoms with Crippen LogP contribution in [0, 0.1) is 0 Å². The van der Waals surface area contributed by atoms with Crippen molar-refractivity contribution >= 4 is 23.5 Å². The number of nitrogens with one attached hydrogen (secondary N) is 2. The van der Waals surface area contributed by atoms with E-state index >= 15 is 0 Å². The number of alkyl halides is 1. The molecule has 3 heterocycles. The molecule has 3 saturated heterocycles. The number of piperidine rings is 2. The highest BCUT2D eigenvalue weighted by atomic mass is 35.5. The van der Waals surface area contributed by atoms with Gasteiger partial charge in [0.2, 0.25) is 0 Å². The predicted octanol–water partition coefficient (Wildman–Crippen LogP) is 0.820. The van der Waals surface area contributed by atoms with Crippen LogP contribution in [0.25, 0.3) is 0 Å². The van der Waals surface area contributed by atoms with E-state index in [9.17, 15) is 9.59 Å². The van der Waals surface area contributed by atoms with Crippen molar-refractivity contribution in [1.29, 1.82) is 0 Å². The summed E-state index contributed by atoms with van der Waals surface area (Å²) in [4.78, 5) is 25.8. The third kappa shape index (κ3) is 1.80. The Kier molecular flexibility index (Phi) is 2.98. The van der Waals surface area contributed by atoms with Gasteiger partial charge in [0.25, 0.3) is 5.91 Å². The van der Waals surface area contributed by atoms with Gasteiger partial charge in [0.1, 0.15) is 5.54 Å². The number of urea groups is 1. The average molecular weight is 272 g/mol. The van der Waals surface area contributed by atoms with Crippen LogP contribution in [0.5, 0.6) is 0 Å². The molecule has 0 aromatic carbocycles. The number of carbonyl (C=O) groups excluding carboxylic acids is 2. The van der Waals surface area contributed by atoms with Crippen molar-refractivity contribution in [2.75, 3.05) is 12.4 Å².